The first-order valence-electron chi connectivity index (χ1n) is 9.07. The Bertz CT molecular complexity index is 898. The van der Waals surface area contributed by atoms with Crippen LogP contribution in [0.5, 0.6) is 0 Å². The molecule has 2 aromatic carbocycles. The summed E-state index contributed by atoms with van der Waals surface area (Å²) < 4.78 is 5.45. The van der Waals surface area contributed by atoms with Crippen molar-refractivity contribution < 1.29 is 29.3 Å². The van der Waals surface area contributed by atoms with Gasteiger partial charge in [0, 0.05) is 17.7 Å². The van der Waals surface area contributed by atoms with Gasteiger partial charge in [0.25, 0.3) is 11.5 Å². The van der Waals surface area contributed by atoms with Crippen molar-refractivity contribution in [2.24, 2.45) is 0 Å². The van der Waals surface area contributed by atoms with Gasteiger partial charge in [-0.25, -0.2) is 9.59 Å². The monoisotopic (exact) mass is 399 g/mol. The molecular weight excluding hydrogens is 374 g/mol. The number of aryl methyl sites for hydroxylation is 1. The second-order valence-electron chi connectivity index (χ2n) is 7.79. The predicted molar refractivity (Wildman–Crippen MR) is 108 cm³/mol. The lowest BCUT2D eigenvalue weighted by molar-refractivity contribution is -0.199. The number of anilines is 1. The molecule has 7 heteroatoms. The number of carbonyl (C=O) groups excluding carboxylic acids is 1. The van der Waals surface area contributed by atoms with Crippen molar-refractivity contribution in [2.45, 2.75) is 45.3 Å². The maximum Gasteiger partial charge on any atom is 0.348 e. The third-order valence-electron chi connectivity index (χ3n) is 4.23. The second kappa shape index (κ2) is 8.45. The molecule has 0 radical (unpaired) electrons. The molecule has 2 rings (SSSR count). The number of nitrogens with one attached hydrogen (secondary N) is 1. The van der Waals surface area contributed by atoms with Crippen LogP contribution in [0.1, 0.15) is 42.3 Å². The fourth-order valence-corrected chi connectivity index (χ4v) is 2.91. The molecule has 0 aromatic heterocycles. The van der Waals surface area contributed by atoms with E-state index in [0.29, 0.717) is 16.8 Å². The summed E-state index contributed by atoms with van der Waals surface area (Å²) in [5.74, 6) is -3.41. The zero-order chi connectivity index (χ0) is 21.8. The van der Waals surface area contributed by atoms with Crippen molar-refractivity contribution in [1.82, 2.24) is 0 Å². The van der Waals surface area contributed by atoms with Crippen LogP contribution in [-0.2, 0) is 20.7 Å². The molecule has 0 aliphatic carbocycles. The number of amides is 1. The van der Waals surface area contributed by atoms with Gasteiger partial charge >= 0.3 is 11.9 Å². The molecule has 0 saturated carbocycles. The minimum atomic E-state index is -2.41. The highest BCUT2D eigenvalue weighted by molar-refractivity contribution is 6.05. The van der Waals surface area contributed by atoms with Crippen LogP contribution >= 0.6 is 0 Å². The summed E-state index contributed by atoms with van der Waals surface area (Å²) >= 11 is 0. The number of ether oxygens (including phenoxy) is 1. The summed E-state index contributed by atoms with van der Waals surface area (Å²) in [4.78, 5) is 36.0. The average molecular weight is 399 g/mol. The van der Waals surface area contributed by atoms with E-state index in [1.54, 1.807) is 57.2 Å². The normalized spacial score (nSPS) is 11.7. The minimum absolute atomic E-state index is 0.266. The summed E-state index contributed by atoms with van der Waals surface area (Å²) in [5.41, 5.74) is -1.04. The fourth-order valence-electron chi connectivity index (χ4n) is 2.91. The number of hydrogen-bond acceptors (Lipinski definition) is 4. The third kappa shape index (κ3) is 5.42. The highest BCUT2D eigenvalue weighted by Crippen LogP contribution is 2.26. The van der Waals surface area contributed by atoms with Crippen molar-refractivity contribution in [3.63, 3.8) is 0 Å². The third-order valence-corrected chi connectivity index (χ3v) is 4.23. The first kappa shape index (κ1) is 22.1. The quantitative estimate of drug-likeness (QED) is 0.614. The zero-order valence-electron chi connectivity index (χ0n) is 16.9. The first-order valence-corrected chi connectivity index (χ1v) is 9.07. The highest BCUT2D eigenvalue weighted by atomic mass is 16.6. The zero-order valence-corrected chi connectivity index (χ0v) is 16.9. The van der Waals surface area contributed by atoms with Gasteiger partial charge in [-0.2, -0.15) is 0 Å². The molecule has 154 valence electrons. The largest absolute Gasteiger partial charge is 0.479 e. The average Bonchev–Trinajstić information content (AvgIpc) is 2.61. The predicted octanol–water partition coefficient (Wildman–Crippen LogP) is 3.51. The number of carbonyl (C=O) groups is 3. The molecule has 0 spiro atoms. The second-order valence-corrected chi connectivity index (χ2v) is 7.79. The standard InChI is InChI=1S/C22H25NO6/c1-14-7-5-6-8-17(14)18(24)23-16-11-9-15(10-12-16)13-22(19(25)26,20(27)28)29-21(2,3)4/h5-12H,13H2,1-4H3,(H,23,24)(H,25,26)(H,27,28). The van der Waals surface area contributed by atoms with Crippen molar-refractivity contribution in [1.29, 1.82) is 0 Å². The number of aliphatic carboxylic acids is 2. The van der Waals surface area contributed by atoms with E-state index in [4.69, 9.17) is 4.74 Å². The molecule has 0 bridgehead atoms. The van der Waals surface area contributed by atoms with Crippen molar-refractivity contribution in [3.8, 4) is 0 Å². The summed E-state index contributed by atoms with van der Waals surface area (Å²) in [6, 6.07) is 13.5. The van der Waals surface area contributed by atoms with Gasteiger partial charge in [-0.3, -0.25) is 4.79 Å². The van der Waals surface area contributed by atoms with Crippen LogP contribution in [0, 0.1) is 6.92 Å². The Morgan fingerprint density at radius 1 is 0.931 bits per heavy atom. The van der Waals surface area contributed by atoms with E-state index in [1.165, 1.54) is 0 Å². The lowest BCUT2D eigenvalue weighted by Gasteiger charge is -2.33. The Kier molecular flexibility index (Phi) is 6.44. The van der Waals surface area contributed by atoms with E-state index in [2.05, 4.69) is 5.32 Å². The van der Waals surface area contributed by atoms with Crippen LogP contribution in [0.4, 0.5) is 5.69 Å². The van der Waals surface area contributed by atoms with E-state index in [1.807, 2.05) is 19.1 Å². The molecule has 0 aliphatic heterocycles. The van der Waals surface area contributed by atoms with Crippen molar-refractivity contribution in [3.05, 3.63) is 65.2 Å². The van der Waals surface area contributed by atoms with Gasteiger partial charge in [-0.1, -0.05) is 30.3 Å². The molecule has 29 heavy (non-hydrogen) atoms. The van der Waals surface area contributed by atoms with Gasteiger partial charge in [-0.05, 0) is 57.0 Å². The molecule has 1 amide bonds. The first-order chi connectivity index (χ1) is 13.4. The van der Waals surface area contributed by atoms with Crippen molar-refractivity contribution in [2.75, 3.05) is 5.32 Å². The van der Waals surface area contributed by atoms with Crippen LogP contribution < -0.4 is 5.32 Å². The molecular formula is C22H25NO6. The highest BCUT2D eigenvalue weighted by Gasteiger charge is 2.50. The summed E-state index contributed by atoms with van der Waals surface area (Å²) in [7, 11) is 0. The molecule has 2 aromatic rings. The van der Waals surface area contributed by atoms with Gasteiger partial charge in [0.05, 0.1) is 5.60 Å². The van der Waals surface area contributed by atoms with Gasteiger partial charge in [0.1, 0.15) is 0 Å². The molecule has 0 unspecified atom stereocenters. The Morgan fingerprint density at radius 3 is 1.97 bits per heavy atom. The smallest absolute Gasteiger partial charge is 0.348 e. The lowest BCUT2D eigenvalue weighted by atomic mass is 9.93. The summed E-state index contributed by atoms with van der Waals surface area (Å²) in [6.07, 6.45) is -0.360. The Morgan fingerprint density at radius 2 is 1.48 bits per heavy atom. The number of carboxylic acid groups (broad SMARTS) is 2. The van der Waals surface area contributed by atoms with Gasteiger partial charge < -0.3 is 20.3 Å². The maximum absolute atomic E-state index is 12.4. The number of hydrogen-bond donors (Lipinski definition) is 3. The number of benzene rings is 2. The summed E-state index contributed by atoms with van der Waals surface area (Å²) in [5, 5.41) is 21.9. The molecule has 0 aliphatic rings. The molecule has 0 fully saturated rings. The Hall–Kier alpha value is -3.19. The Labute approximate surface area is 169 Å². The van der Waals surface area contributed by atoms with Gasteiger partial charge in [0.15, 0.2) is 0 Å². The number of rotatable bonds is 7. The van der Waals surface area contributed by atoms with E-state index >= 15 is 0 Å². The lowest BCUT2D eigenvalue weighted by Crippen LogP contribution is -2.54. The Balaban J connectivity index is 2.22. The number of carboxylic acids is 2. The van der Waals surface area contributed by atoms with E-state index in [9.17, 15) is 24.6 Å². The molecule has 3 N–H and O–H groups in total. The molecule has 0 atom stereocenters. The van der Waals surface area contributed by atoms with Crippen LogP contribution in [0.25, 0.3) is 0 Å². The topological polar surface area (TPSA) is 113 Å². The SMILES string of the molecule is Cc1ccccc1C(=O)Nc1ccc(CC(OC(C)(C)C)(C(=O)O)C(=O)O)cc1. The van der Waals surface area contributed by atoms with Crippen LogP contribution in [0.15, 0.2) is 48.5 Å². The van der Waals surface area contributed by atoms with Crippen LogP contribution in [0.3, 0.4) is 0 Å². The molecule has 0 heterocycles. The fraction of sp³-hybridized carbons (Fsp3) is 0.318. The molecule has 0 saturated heterocycles. The van der Waals surface area contributed by atoms with E-state index in [0.717, 1.165) is 5.56 Å². The maximum atomic E-state index is 12.4. The van der Waals surface area contributed by atoms with Gasteiger partial charge in [0.2, 0.25) is 0 Å². The van der Waals surface area contributed by atoms with Crippen molar-refractivity contribution >= 4 is 23.5 Å². The van der Waals surface area contributed by atoms with Crippen LogP contribution in [-0.4, -0.2) is 39.3 Å². The van der Waals surface area contributed by atoms with E-state index < -0.39 is 23.1 Å². The minimum Gasteiger partial charge on any atom is -0.479 e. The van der Waals surface area contributed by atoms with Gasteiger partial charge in [-0.15, -0.1) is 0 Å². The van der Waals surface area contributed by atoms with Crippen LogP contribution in [0.2, 0.25) is 0 Å². The van der Waals surface area contributed by atoms with E-state index in [-0.39, 0.29) is 12.3 Å². The molecule has 7 nitrogen and oxygen atoms in total. The summed E-state index contributed by atoms with van der Waals surface area (Å²) in [6.45, 7) is 6.62.